The van der Waals surface area contributed by atoms with Gasteiger partial charge in [-0.15, -0.1) is 0 Å². The van der Waals surface area contributed by atoms with Crippen LogP contribution in [0.25, 0.3) is 0 Å². The van der Waals surface area contributed by atoms with Crippen LogP contribution in [0.3, 0.4) is 0 Å². The van der Waals surface area contributed by atoms with Crippen molar-refractivity contribution in [2.24, 2.45) is 5.73 Å². The molecule has 1 aromatic carbocycles. The quantitative estimate of drug-likeness (QED) is 0.882. The Morgan fingerprint density at radius 3 is 2.81 bits per heavy atom. The van der Waals surface area contributed by atoms with Gasteiger partial charge in [0, 0.05) is 5.54 Å². The number of nitrogens with two attached hydrogens (primary N) is 1. The van der Waals surface area contributed by atoms with E-state index in [2.05, 4.69) is 46.6 Å². The summed E-state index contributed by atoms with van der Waals surface area (Å²) in [5.41, 5.74) is 8.20. The molecule has 0 amide bonds. The van der Waals surface area contributed by atoms with Crippen molar-refractivity contribution in [3.63, 3.8) is 0 Å². The molecule has 3 N–H and O–H groups in total. The van der Waals surface area contributed by atoms with Crippen molar-refractivity contribution in [3.8, 4) is 0 Å². The zero-order valence-electron chi connectivity index (χ0n) is 12.4. The van der Waals surface area contributed by atoms with Crippen LogP contribution in [0.1, 0.15) is 48.5 Å². The van der Waals surface area contributed by atoms with E-state index in [1.807, 2.05) is 0 Å². The zero-order chi connectivity index (χ0) is 14.7. The van der Waals surface area contributed by atoms with Crippen LogP contribution >= 0.6 is 0 Å². The van der Waals surface area contributed by atoms with Crippen LogP contribution in [-0.2, 0) is 18.6 Å². The summed E-state index contributed by atoms with van der Waals surface area (Å²) in [6, 6.07) is 8.76. The van der Waals surface area contributed by atoms with Gasteiger partial charge < -0.3 is 15.6 Å². The molecule has 112 valence electrons. The average molecular weight is 286 g/mol. The van der Waals surface area contributed by atoms with E-state index in [1.54, 1.807) is 0 Å². The minimum absolute atomic E-state index is 0.0372. The second kappa shape index (κ2) is 5.95. The molecule has 0 saturated heterocycles. The first-order valence-electron chi connectivity index (χ1n) is 7.55. The molecule has 1 aliphatic carbocycles. The smallest absolute Gasteiger partial charge is 0.240 e. The molecule has 5 nitrogen and oxygen atoms in total. The normalized spacial score (nSPS) is 17.2. The van der Waals surface area contributed by atoms with Gasteiger partial charge in [0.25, 0.3) is 0 Å². The lowest BCUT2D eigenvalue weighted by atomic mass is 9.87. The van der Waals surface area contributed by atoms with Crippen molar-refractivity contribution in [2.75, 3.05) is 0 Å². The SMILES string of the molecule is Cc1cccc(C2(NCc3noc(CN)n3)CCCC2)c1. The first-order valence-corrected chi connectivity index (χ1v) is 7.55. The Labute approximate surface area is 124 Å². The molecule has 1 aliphatic rings. The Morgan fingerprint density at radius 2 is 2.14 bits per heavy atom. The summed E-state index contributed by atoms with van der Waals surface area (Å²) in [7, 11) is 0. The molecule has 0 bridgehead atoms. The van der Waals surface area contributed by atoms with Crippen LogP contribution in [0, 0.1) is 6.92 Å². The first kappa shape index (κ1) is 14.2. The van der Waals surface area contributed by atoms with Gasteiger partial charge in [-0.1, -0.05) is 47.8 Å². The maximum Gasteiger partial charge on any atom is 0.240 e. The molecule has 1 saturated carbocycles. The van der Waals surface area contributed by atoms with Crippen molar-refractivity contribution in [1.82, 2.24) is 15.5 Å². The van der Waals surface area contributed by atoms with Crippen LogP contribution in [0.5, 0.6) is 0 Å². The molecule has 21 heavy (non-hydrogen) atoms. The van der Waals surface area contributed by atoms with Crippen LogP contribution in [0.4, 0.5) is 0 Å². The van der Waals surface area contributed by atoms with E-state index >= 15 is 0 Å². The molecule has 1 fully saturated rings. The van der Waals surface area contributed by atoms with Gasteiger partial charge in [0.2, 0.25) is 5.89 Å². The third-order valence-electron chi connectivity index (χ3n) is 4.30. The van der Waals surface area contributed by atoms with E-state index in [0.29, 0.717) is 18.3 Å². The number of nitrogens with zero attached hydrogens (tertiary/aromatic N) is 2. The predicted molar refractivity (Wildman–Crippen MR) is 80.4 cm³/mol. The van der Waals surface area contributed by atoms with Crippen LogP contribution in [0.2, 0.25) is 0 Å². The van der Waals surface area contributed by atoms with E-state index in [1.165, 1.54) is 24.0 Å². The van der Waals surface area contributed by atoms with Gasteiger partial charge >= 0.3 is 0 Å². The van der Waals surface area contributed by atoms with Crippen LogP contribution in [0.15, 0.2) is 28.8 Å². The number of hydrogen-bond donors (Lipinski definition) is 2. The molecule has 0 atom stereocenters. The minimum atomic E-state index is 0.0372. The van der Waals surface area contributed by atoms with Crippen molar-refractivity contribution in [1.29, 1.82) is 0 Å². The number of aromatic nitrogens is 2. The Bertz CT molecular complexity index is 602. The van der Waals surface area contributed by atoms with Crippen molar-refractivity contribution < 1.29 is 4.52 Å². The van der Waals surface area contributed by atoms with Crippen LogP contribution < -0.4 is 11.1 Å². The summed E-state index contributed by atoms with van der Waals surface area (Å²) in [5, 5.41) is 7.63. The fourth-order valence-corrected chi connectivity index (χ4v) is 3.18. The van der Waals surface area contributed by atoms with Gasteiger partial charge in [-0.3, -0.25) is 0 Å². The Kier molecular flexibility index (Phi) is 4.03. The van der Waals surface area contributed by atoms with Gasteiger partial charge in [-0.25, -0.2) is 0 Å². The topological polar surface area (TPSA) is 77.0 Å². The number of rotatable bonds is 5. The zero-order valence-corrected chi connectivity index (χ0v) is 12.4. The molecule has 0 aliphatic heterocycles. The number of nitrogens with one attached hydrogen (secondary N) is 1. The second-order valence-electron chi connectivity index (χ2n) is 5.82. The Morgan fingerprint density at radius 1 is 1.33 bits per heavy atom. The fourth-order valence-electron chi connectivity index (χ4n) is 3.18. The van der Waals surface area contributed by atoms with E-state index in [4.69, 9.17) is 10.3 Å². The van der Waals surface area contributed by atoms with Crippen molar-refractivity contribution in [3.05, 3.63) is 47.1 Å². The summed E-state index contributed by atoms with van der Waals surface area (Å²) in [5.74, 6) is 1.16. The second-order valence-corrected chi connectivity index (χ2v) is 5.82. The van der Waals surface area contributed by atoms with E-state index in [-0.39, 0.29) is 12.1 Å². The number of aryl methyl sites for hydroxylation is 1. The number of benzene rings is 1. The molecule has 1 aromatic heterocycles. The first-order chi connectivity index (χ1) is 10.2. The highest BCUT2D eigenvalue weighted by molar-refractivity contribution is 5.30. The van der Waals surface area contributed by atoms with Gasteiger partial charge in [0.1, 0.15) is 0 Å². The number of hydrogen-bond acceptors (Lipinski definition) is 5. The largest absolute Gasteiger partial charge is 0.338 e. The highest BCUT2D eigenvalue weighted by atomic mass is 16.5. The van der Waals surface area contributed by atoms with Crippen molar-refractivity contribution in [2.45, 2.75) is 51.2 Å². The molecule has 0 radical (unpaired) electrons. The summed E-state index contributed by atoms with van der Waals surface area (Å²) in [6.45, 7) is 3.03. The fraction of sp³-hybridized carbons (Fsp3) is 0.500. The molecule has 0 unspecified atom stereocenters. The van der Waals surface area contributed by atoms with Gasteiger partial charge in [0.05, 0.1) is 13.1 Å². The Hall–Kier alpha value is -1.72. The molecule has 0 spiro atoms. The average Bonchev–Trinajstić information content (AvgIpc) is 3.15. The minimum Gasteiger partial charge on any atom is -0.338 e. The molecular formula is C16H22N4O. The molecule has 2 aromatic rings. The predicted octanol–water partition coefficient (Wildman–Crippen LogP) is 2.40. The molecule has 1 heterocycles. The van der Waals surface area contributed by atoms with Gasteiger partial charge in [-0.2, -0.15) is 4.98 Å². The van der Waals surface area contributed by atoms with Crippen LogP contribution in [-0.4, -0.2) is 10.1 Å². The van der Waals surface area contributed by atoms with Crippen molar-refractivity contribution >= 4 is 0 Å². The maximum absolute atomic E-state index is 5.50. The lowest BCUT2D eigenvalue weighted by Crippen LogP contribution is -2.39. The third-order valence-corrected chi connectivity index (χ3v) is 4.30. The Balaban J connectivity index is 1.78. The summed E-state index contributed by atoms with van der Waals surface area (Å²) in [6.07, 6.45) is 4.80. The summed E-state index contributed by atoms with van der Waals surface area (Å²) >= 11 is 0. The van der Waals surface area contributed by atoms with E-state index in [0.717, 1.165) is 12.8 Å². The van der Waals surface area contributed by atoms with E-state index < -0.39 is 0 Å². The van der Waals surface area contributed by atoms with Gasteiger partial charge in [-0.05, 0) is 25.3 Å². The van der Waals surface area contributed by atoms with Gasteiger partial charge in [0.15, 0.2) is 5.82 Å². The summed E-state index contributed by atoms with van der Waals surface area (Å²) < 4.78 is 5.06. The maximum atomic E-state index is 5.50. The highest BCUT2D eigenvalue weighted by Gasteiger charge is 2.35. The lowest BCUT2D eigenvalue weighted by molar-refractivity contribution is 0.326. The molecule has 3 rings (SSSR count). The molecule has 5 heteroatoms. The lowest BCUT2D eigenvalue weighted by Gasteiger charge is -2.31. The highest BCUT2D eigenvalue weighted by Crippen LogP contribution is 2.39. The third kappa shape index (κ3) is 2.99. The van der Waals surface area contributed by atoms with E-state index in [9.17, 15) is 0 Å². The summed E-state index contributed by atoms with van der Waals surface area (Å²) in [4.78, 5) is 4.27. The standard InChI is InChI=1S/C16H22N4O/c1-12-5-4-6-13(9-12)16(7-2-3-8-16)18-11-14-19-15(10-17)21-20-14/h4-6,9,18H,2-3,7-8,10-11,17H2,1H3. The monoisotopic (exact) mass is 286 g/mol. The molecular weight excluding hydrogens is 264 g/mol.